The zero-order valence-electron chi connectivity index (χ0n) is 11.6. The Morgan fingerprint density at radius 1 is 1.27 bits per heavy atom. The lowest BCUT2D eigenvalue weighted by atomic mass is 10.0. The first-order chi connectivity index (χ1) is 10.4. The summed E-state index contributed by atoms with van der Waals surface area (Å²) in [6.45, 7) is 0. The summed E-state index contributed by atoms with van der Waals surface area (Å²) in [5.41, 5.74) is 1.47. The summed E-state index contributed by atoms with van der Waals surface area (Å²) in [6, 6.07) is 8.92. The molecule has 2 heterocycles. The van der Waals surface area contributed by atoms with Crippen LogP contribution in [0.25, 0.3) is 0 Å². The van der Waals surface area contributed by atoms with Crippen LogP contribution < -0.4 is 9.88 Å². The third-order valence-corrected chi connectivity index (χ3v) is 7.41. The number of carbonyl (C=O) groups excluding carboxylic acids is 1. The van der Waals surface area contributed by atoms with Crippen LogP contribution in [0.5, 0.6) is 5.75 Å². The molecule has 1 aliphatic rings. The van der Waals surface area contributed by atoms with Gasteiger partial charge in [0.05, 0.1) is 11.3 Å². The van der Waals surface area contributed by atoms with Gasteiger partial charge in [0, 0.05) is 17.2 Å². The van der Waals surface area contributed by atoms with Crippen LogP contribution >= 0.6 is 23.1 Å². The molecule has 5 nitrogen and oxygen atoms in total. The number of rotatable bonds is 3. The summed E-state index contributed by atoms with van der Waals surface area (Å²) in [5.74, 6) is 0.699. The molecule has 22 heavy (non-hydrogen) atoms. The van der Waals surface area contributed by atoms with Crippen LogP contribution in [0.15, 0.2) is 38.8 Å². The minimum Gasteiger partial charge on any atom is -0.497 e. The zero-order valence-corrected chi connectivity index (χ0v) is 14.1. The Bertz CT molecular complexity index is 824. The predicted octanol–water partition coefficient (Wildman–Crippen LogP) is 2.82. The van der Waals surface area contributed by atoms with Gasteiger partial charge in [0.25, 0.3) is 0 Å². The van der Waals surface area contributed by atoms with Gasteiger partial charge >= 0.3 is 0 Å². The molecule has 0 amide bonds. The quantitative estimate of drug-likeness (QED) is 0.915. The average Bonchev–Trinajstić information content (AvgIpc) is 2.92. The van der Waals surface area contributed by atoms with E-state index < -0.39 is 10.0 Å². The van der Waals surface area contributed by atoms with Crippen molar-refractivity contribution in [1.82, 2.24) is 0 Å². The number of benzene rings is 1. The molecule has 116 valence electrons. The number of ketones is 1. The summed E-state index contributed by atoms with van der Waals surface area (Å²) < 4.78 is 28.7. The van der Waals surface area contributed by atoms with E-state index in [2.05, 4.69) is 0 Å². The molecule has 1 aliphatic heterocycles. The van der Waals surface area contributed by atoms with E-state index >= 15 is 0 Å². The molecule has 1 aromatic heterocycles. The molecule has 1 aromatic carbocycles. The van der Waals surface area contributed by atoms with Gasteiger partial charge in [-0.2, -0.15) is 0 Å². The molecule has 0 radical (unpaired) electrons. The Labute approximate surface area is 136 Å². The predicted molar refractivity (Wildman–Crippen MR) is 86.2 cm³/mol. The number of carbonyl (C=O) groups is 1. The maximum Gasteiger partial charge on any atom is 0.247 e. The molecule has 0 fully saturated rings. The van der Waals surface area contributed by atoms with Crippen LogP contribution in [0.4, 0.5) is 0 Å². The van der Waals surface area contributed by atoms with E-state index in [1.165, 1.54) is 17.8 Å². The Hall–Kier alpha value is -1.35. The van der Waals surface area contributed by atoms with Crippen LogP contribution in [-0.4, -0.2) is 21.3 Å². The molecule has 3 rings (SSSR count). The smallest absolute Gasteiger partial charge is 0.247 e. The van der Waals surface area contributed by atoms with Crippen LogP contribution in [0.1, 0.15) is 27.6 Å². The molecular formula is C14H13NO4S3. The number of ether oxygens (including phenoxy) is 1. The fourth-order valence-corrected chi connectivity index (χ4v) is 5.92. The van der Waals surface area contributed by atoms with Gasteiger partial charge in [0.1, 0.15) is 9.96 Å². The second-order valence-electron chi connectivity index (χ2n) is 4.82. The lowest BCUT2D eigenvalue weighted by Crippen LogP contribution is -2.11. The first-order valence-corrected chi connectivity index (χ1v) is 9.63. The van der Waals surface area contributed by atoms with Crippen molar-refractivity contribution < 1.29 is 17.9 Å². The molecular weight excluding hydrogens is 342 g/mol. The highest BCUT2D eigenvalue weighted by Crippen LogP contribution is 2.48. The summed E-state index contributed by atoms with van der Waals surface area (Å²) in [6.07, 6.45) is 0.338. The van der Waals surface area contributed by atoms with Gasteiger partial charge in [0.2, 0.25) is 10.0 Å². The molecule has 0 aliphatic carbocycles. The van der Waals surface area contributed by atoms with Gasteiger partial charge in [-0.3, -0.25) is 4.79 Å². The molecule has 0 spiro atoms. The van der Waals surface area contributed by atoms with Crippen LogP contribution in [0, 0.1) is 0 Å². The van der Waals surface area contributed by atoms with Gasteiger partial charge in [-0.05, 0) is 23.8 Å². The Morgan fingerprint density at radius 2 is 1.95 bits per heavy atom. The highest BCUT2D eigenvalue weighted by Gasteiger charge is 2.30. The normalized spacial score (nSPS) is 18.1. The van der Waals surface area contributed by atoms with E-state index in [0.717, 1.165) is 22.6 Å². The fraction of sp³-hybridized carbons (Fsp3) is 0.214. The van der Waals surface area contributed by atoms with Crippen molar-refractivity contribution in [2.45, 2.75) is 20.1 Å². The minimum atomic E-state index is -3.78. The standard InChI is InChI=1S/C14H13NO4S3/c1-19-9-4-2-8(3-5-9)12-7-11(16)10-6-13(22(15,17)18)21-14(10)20-12/h2-6,12H,7H2,1H3,(H2,15,17,18). The highest BCUT2D eigenvalue weighted by atomic mass is 32.3. The summed E-state index contributed by atoms with van der Waals surface area (Å²) >= 11 is 2.56. The molecule has 1 atom stereocenters. The van der Waals surface area contributed by atoms with E-state index in [-0.39, 0.29) is 15.2 Å². The van der Waals surface area contributed by atoms with Gasteiger partial charge in [-0.15, -0.1) is 23.1 Å². The highest BCUT2D eigenvalue weighted by molar-refractivity contribution is 8.02. The Kier molecular flexibility index (Phi) is 4.02. The van der Waals surface area contributed by atoms with E-state index in [1.807, 2.05) is 24.3 Å². The van der Waals surface area contributed by atoms with Gasteiger partial charge in [0.15, 0.2) is 5.78 Å². The molecule has 0 saturated carbocycles. The van der Waals surface area contributed by atoms with E-state index in [0.29, 0.717) is 16.2 Å². The number of methoxy groups -OCH3 is 1. The van der Waals surface area contributed by atoms with Crippen molar-refractivity contribution in [2.75, 3.05) is 7.11 Å². The molecule has 2 aromatic rings. The Balaban J connectivity index is 1.93. The van der Waals surface area contributed by atoms with Crippen molar-refractivity contribution in [1.29, 1.82) is 0 Å². The largest absolute Gasteiger partial charge is 0.497 e. The van der Waals surface area contributed by atoms with E-state index in [4.69, 9.17) is 9.88 Å². The van der Waals surface area contributed by atoms with Crippen molar-refractivity contribution in [3.05, 3.63) is 41.5 Å². The summed E-state index contributed by atoms with van der Waals surface area (Å²) in [7, 11) is -2.18. The van der Waals surface area contributed by atoms with Crippen LogP contribution in [0.3, 0.4) is 0 Å². The summed E-state index contributed by atoms with van der Waals surface area (Å²) in [4.78, 5) is 12.3. The number of thioether (sulfide) groups is 1. The van der Waals surface area contributed by atoms with Crippen molar-refractivity contribution >= 4 is 38.9 Å². The van der Waals surface area contributed by atoms with Gasteiger partial charge < -0.3 is 4.74 Å². The van der Waals surface area contributed by atoms with Gasteiger partial charge in [-0.1, -0.05) is 12.1 Å². The fourth-order valence-electron chi connectivity index (χ4n) is 2.23. The monoisotopic (exact) mass is 355 g/mol. The van der Waals surface area contributed by atoms with Crippen LogP contribution in [0.2, 0.25) is 0 Å². The van der Waals surface area contributed by atoms with E-state index in [9.17, 15) is 13.2 Å². The maximum atomic E-state index is 12.3. The van der Waals surface area contributed by atoms with Crippen molar-refractivity contribution in [3.8, 4) is 5.75 Å². The average molecular weight is 355 g/mol. The molecule has 1 unspecified atom stereocenters. The number of sulfonamides is 1. The zero-order chi connectivity index (χ0) is 15.9. The third kappa shape index (κ3) is 2.91. The van der Waals surface area contributed by atoms with Gasteiger partial charge in [-0.25, -0.2) is 13.6 Å². The number of hydrogen-bond acceptors (Lipinski definition) is 6. The van der Waals surface area contributed by atoms with Crippen LogP contribution in [-0.2, 0) is 10.0 Å². The number of thiophene rings is 1. The lowest BCUT2D eigenvalue weighted by Gasteiger charge is -2.20. The summed E-state index contributed by atoms with van der Waals surface area (Å²) in [5, 5.41) is 5.11. The Morgan fingerprint density at radius 3 is 2.55 bits per heavy atom. The SMILES string of the molecule is COc1ccc(C2CC(=O)c3cc(S(N)(=O)=O)sc3S2)cc1. The van der Waals surface area contributed by atoms with Crippen molar-refractivity contribution in [2.24, 2.45) is 5.14 Å². The number of fused-ring (bicyclic) bond motifs is 1. The maximum absolute atomic E-state index is 12.3. The number of hydrogen-bond donors (Lipinski definition) is 1. The first kappa shape index (κ1) is 15.5. The third-order valence-electron chi connectivity index (χ3n) is 3.36. The van der Waals surface area contributed by atoms with Crippen molar-refractivity contribution in [3.63, 3.8) is 0 Å². The number of primary sulfonamides is 1. The number of Topliss-reactive ketones (excluding diaryl/α,β-unsaturated/α-hetero) is 1. The minimum absolute atomic E-state index is 0.0297. The second kappa shape index (κ2) is 5.69. The molecule has 0 bridgehead atoms. The van der Waals surface area contributed by atoms with E-state index in [1.54, 1.807) is 7.11 Å². The lowest BCUT2D eigenvalue weighted by molar-refractivity contribution is 0.0977. The molecule has 2 N–H and O–H groups in total. The molecule has 8 heteroatoms. The molecule has 0 saturated heterocycles. The first-order valence-electron chi connectivity index (χ1n) is 6.39. The topological polar surface area (TPSA) is 86.5 Å². The second-order valence-corrected chi connectivity index (χ2v) is 9.13. The number of nitrogens with two attached hydrogens (primary N) is 1.